The minimum atomic E-state index is -2.78. The fourth-order valence-electron chi connectivity index (χ4n) is 5.37. The van der Waals surface area contributed by atoms with Gasteiger partial charge in [0.1, 0.15) is 12.4 Å². The van der Waals surface area contributed by atoms with Crippen LogP contribution < -0.4 is 9.47 Å². The summed E-state index contributed by atoms with van der Waals surface area (Å²) in [5.41, 5.74) is 0. The van der Waals surface area contributed by atoms with Crippen molar-refractivity contribution < 1.29 is 27.4 Å². The van der Waals surface area contributed by atoms with Gasteiger partial charge in [-0.2, -0.15) is 0 Å². The molecule has 2 atom stereocenters. The molecule has 1 aliphatic heterocycles. The molecule has 3 rings (SSSR count). The minimum absolute atomic E-state index is 0.0864. The maximum absolute atomic E-state index is 14.8. The fourth-order valence-corrected chi connectivity index (χ4v) is 5.37. The Kier molecular flexibility index (Phi) is 10.6. The summed E-state index contributed by atoms with van der Waals surface area (Å²) < 4.78 is 60.5. The number of ether oxygens (including phenoxy) is 3. The largest absolute Gasteiger partial charge is 0.493 e. The third-order valence-electron chi connectivity index (χ3n) is 7.48. The van der Waals surface area contributed by atoms with E-state index in [0.717, 1.165) is 25.9 Å². The number of alkyl halides is 2. The molecule has 0 N–H and O–H groups in total. The first kappa shape index (κ1) is 26.9. The zero-order chi connectivity index (χ0) is 24.4. The van der Waals surface area contributed by atoms with Crippen molar-refractivity contribution >= 4 is 0 Å². The molecule has 34 heavy (non-hydrogen) atoms. The number of unbranched alkanes of at least 4 members (excludes halogenated alkanes) is 2. The van der Waals surface area contributed by atoms with Crippen molar-refractivity contribution in [2.45, 2.75) is 89.6 Å². The highest BCUT2D eigenvalue weighted by atomic mass is 19.3. The molecule has 3 nitrogen and oxygen atoms in total. The van der Waals surface area contributed by atoms with E-state index in [4.69, 9.17) is 14.2 Å². The summed E-state index contributed by atoms with van der Waals surface area (Å²) in [6.45, 7) is 6.62. The van der Waals surface area contributed by atoms with Crippen molar-refractivity contribution in [2.75, 3.05) is 19.8 Å². The van der Waals surface area contributed by atoms with Crippen molar-refractivity contribution in [1.82, 2.24) is 0 Å². The quantitative estimate of drug-likeness (QED) is 0.211. The molecule has 2 unspecified atom stereocenters. The van der Waals surface area contributed by atoms with Crippen LogP contribution in [0.4, 0.5) is 13.2 Å². The summed E-state index contributed by atoms with van der Waals surface area (Å²) in [6, 6.07) is 4.14. The Labute approximate surface area is 203 Å². The topological polar surface area (TPSA) is 27.7 Å². The summed E-state index contributed by atoms with van der Waals surface area (Å²) in [6.07, 6.45) is 11.4. The lowest BCUT2D eigenvalue weighted by molar-refractivity contribution is -0.105. The second-order valence-corrected chi connectivity index (χ2v) is 9.97. The third-order valence-corrected chi connectivity index (χ3v) is 7.48. The van der Waals surface area contributed by atoms with Crippen molar-refractivity contribution in [3.8, 4) is 11.5 Å². The van der Waals surface area contributed by atoms with Crippen molar-refractivity contribution in [3.05, 3.63) is 36.7 Å². The third kappa shape index (κ3) is 7.93. The van der Waals surface area contributed by atoms with Gasteiger partial charge < -0.3 is 14.2 Å². The molecule has 0 radical (unpaired) electrons. The average Bonchev–Trinajstić information content (AvgIpc) is 2.84. The molecule has 1 aliphatic carbocycles. The highest BCUT2D eigenvalue weighted by Crippen LogP contribution is 2.43. The van der Waals surface area contributed by atoms with Crippen LogP contribution in [0.5, 0.6) is 11.5 Å². The first-order chi connectivity index (χ1) is 16.4. The van der Waals surface area contributed by atoms with Gasteiger partial charge >= 0.3 is 0 Å². The lowest BCUT2D eigenvalue weighted by Gasteiger charge is -2.39. The molecule has 0 bridgehead atoms. The number of halogens is 3. The van der Waals surface area contributed by atoms with E-state index in [-0.39, 0.29) is 37.2 Å². The Morgan fingerprint density at radius 1 is 1.09 bits per heavy atom. The average molecular weight is 483 g/mol. The molecular weight excluding hydrogens is 441 g/mol. The maximum Gasteiger partial charge on any atom is 0.254 e. The van der Waals surface area contributed by atoms with E-state index in [9.17, 15) is 13.2 Å². The highest BCUT2D eigenvalue weighted by Gasteiger charge is 2.42. The monoisotopic (exact) mass is 482 g/mol. The lowest BCUT2D eigenvalue weighted by Crippen LogP contribution is -2.38. The molecule has 1 saturated heterocycles. The molecule has 6 heteroatoms. The van der Waals surface area contributed by atoms with Crippen LogP contribution in [0, 0.1) is 23.6 Å². The summed E-state index contributed by atoms with van der Waals surface area (Å²) in [5, 5.41) is 0. The zero-order valence-electron chi connectivity index (χ0n) is 20.6. The smallest absolute Gasteiger partial charge is 0.254 e. The second-order valence-electron chi connectivity index (χ2n) is 9.97. The van der Waals surface area contributed by atoms with Crippen molar-refractivity contribution in [1.29, 1.82) is 0 Å². The van der Waals surface area contributed by atoms with Crippen LogP contribution in [0.2, 0.25) is 0 Å². The standard InChI is InChI=1S/C28H41F3O3/c1-3-5-6-7-21-8-14-26(34-20-21)22-9-11-23(12-10-22)28(30,31)16-18-32-24-13-15-27(25(29)19-24)33-17-4-2/h4,13,15,19,21-23,26H,2-3,5-12,14,16-18,20H2,1H3. The molecule has 2 fully saturated rings. The van der Waals surface area contributed by atoms with E-state index < -0.39 is 17.7 Å². The van der Waals surface area contributed by atoms with Gasteiger partial charge in [-0.1, -0.05) is 38.8 Å². The van der Waals surface area contributed by atoms with Crippen molar-refractivity contribution in [3.63, 3.8) is 0 Å². The van der Waals surface area contributed by atoms with Crippen LogP contribution >= 0.6 is 0 Å². The summed E-state index contributed by atoms with van der Waals surface area (Å²) in [5.74, 6) is -2.59. The van der Waals surface area contributed by atoms with E-state index in [1.807, 2.05) is 0 Å². The van der Waals surface area contributed by atoms with Gasteiger partial charge in [-0.3, -0.25) is 0 Å². The minimum Gasteiger partial charge on any atom is -0.493 e. The Bertz CT molecular complexity index is 738. The first-order valence-electron chi connectivity index (χ1n) is 13.1. The number of benzene rings is 1. The fraction of sp³-hybridized carbons (Fsp3) is 0.714. The Balaban J connectivity index is 1.37. The normalized spacial score (nSPS) is 25.6. The van der Waals surface area contributed by atoms with Gasteiger partial charge in [-0.15, -0.1) is 0 Å². The molecule has 2 aliphatic rings. The highest BCUT2D eigenvalue weighted by molar-refractivity contribution is 5.33. The summed E-state index contributed by atoms with van der Waals surface area (Å²) in [7, 11) is 0. The lowest BCUT2D eigenvalue weighted by atomic mass is 9.74. The van der Waals surface area contributed by atoms with Crippen LogP contribution in [-0.4, -0.2) is 31.8 Å². The zero-order valence-corrected chi connectivity index (χ0v) is 20.6. The van der Waals surface area contributed by atoms with Crippen LogP contribution in [0.15, 0.2) is 30.9 Å². The van der Waals surface area contributed by atoms with Gasteiger partial charge in [0.2, 0.25) is 0 Å². The maximum atomic E-state index is 14.8. The van der Waals surface area contributed by atoms with Crippen molar-refractivity contribution in [2.24, 2.45) is 17.8 Å². The number of rotatable bonds is 13. The Morgan fingerprint density at radius 3 is 2.53 bits per heavy atom. The van der Waals surface area contributed by atoms with Crippen LogP contribution in [0.25, 0.3) is 0 Å². The Hall–Kier alpha value is -1.69. The molecular formula is C28H41F3O3. The molecule has 0 spiro atoms. The predicted octanol–water partition coefficient (Wildman–Crippen LogP) is 7.98. The predicted molar refractivity (Wildman–Crippen MR) is 129 cm³/mol. The Morgan fingerprint density at radius 2 is 1.88 bits per heavy atom. The van der Waals surface area contributed by atoms with Gasteiger partial charge in [0.05, 0.1) is 12.7 Å². The van der Waals surface area contributed by atoms with Crippen LogP contribution in [-0.2, 0) is 4.74 Å². The van der Waals surface area contributed by atoms with E-state index in [2.05, 4.69) is 13.5 Å². The van der Waals surface area contributed by atoms with Gasteiger partial charge in [0.15, 0.2) is 11.6 Å². The molecule has 0 amide bonds. The SMILES string of the molecule is C=CCOc1ccc(OCCC(F)(F)C2CCC(C3CCC(CCCCC)CO3)CC2)cc1F. The van der Waals surface area contributed by atoms with Gasteiger partial charge in [0, 0.05) is 25.0 Å². The second kappa shape index (κ2) is 13.4. The molecule has 1 aromatic rings. The molecule has 1 saturated carbocycles. The van der Waals surface area contributed by atoms with Crippen LogP contribution in [0.3, 0.4) is 0 Å². The molecule has 1 heterocycles. The molecule has 0 aromatic heterocycles. The van der Waals surface area contributed by atoms with E-state index in [1.54, 1.807) is 0 Å². The number of hydrogen-bond acceptors (Lipinski definition) is 3. The summed E-state index contributed by atoms with van der Waals surface area (Å²) >= 11 is 0. The van der Waals surface area contributed by atoms with Gasteiger partial charge in [-0.05, 0) is 68.9 Å². The molecule has 192 valence electrons. The van der Waals surface area contributed by atoms with Crippen LogP contribution in [0.1, 0.15) is 77.6 Å². The van der Waals surface area contributed by atoms with Gasteiger partial charge in [-0.25, -0.2) is 13.2 Å². The number of hydrogen-bond donors (Lipinski definition) is 0. The van der Waals surface area contributed by atoms with E-state index in [0.29, 0.717) is 24.7 Å². The van der Waals surface area contributed by atoms with Gasteiger partial charge in [0.25, 0.3) is 5.92 Å². The van der Waals surface area contributed by atoms with E-state index in [1.165, 1.54) is 56.4 Å². The molecule has 1 aromatic carbocycles. The first-order valence-corrected chi connectivity index (χ1v) is 13.1. The summed E-state index contributed by atoms with van der Waals surface area (Å²) in [4.78, 5) is 0. The van der Waals surface area contributed by atoms with E-state index >= 15 is 0 Å².